The minimum atomic E-state index is 0.644. The Morgan fingerprint density at radius 3 is 2.65 bits per heavy atom. The van der Waals surface area contributed by atoms with Crippen molar-refractivity contribution in [1.82, 2.24) is 10.3 Å². The van der Waals surface area contributed by atoms with Crippen LogP contribution in [-0.4, -0.2) is 17.6 Å². The number of halogens is 1. The van der Waals surface area contributed by atoms with Gasteiger partial charge in [0.1, 0.15) is 0 Å². The van der Waals surface area contributed by atoms with Crippen LogP contribution in [0.3, 0.4) is 0 Å². The molecule has 0 aliphatic heterocycles. The molecule has 0 aliphatic carbocycles. The number of rotatable bonds is 8. The van der Waals surface area contributed by atoms with Crippen LogP contribution in [0, 0.1) is 0 Å². The molecule has 0 spiro atoms. The monoisotopic (exact) mass is 298 g/mol. The van der Waals surface area contributed by atoms with Crippen LogP contribution in [0.25, 0.3) is 0 Å². The summed E-state index contributed by atoms with van der Waals surface area (Å²) in [6, 6.07) is 4.81. The number of nitrogens with one attached hydrogen (secondary N) is 1. The Morgan fingerprint density at radius 1 is 1.24 bits per heavy atom. The fourth-order valence-corrected chi connectivity index (χ4v) is 2.16. The number of aromatic nitrogens is 1. The summed E-state index contributed by atoms with van der Waals surface area (Å²) in [6.45, 7) is 5.59. The summed E-state index contributed by atoms with van der Waals surface area (Å²) in [6.07, 6.45) is 7.84. The highest BCUT2D eigenvalue weighted by atomic mass is 79.9. The van der Waals surface area contributed by atoms with Crippen LogP contribution in [0.1, 0.15) is 45.2 Å². The summed E-state index contributed by atoms with van der Waals surface area (Å²) in [7, 11) is 0. The third-order valence-corrected chi connectivity index (χ3v) is 3.33. The summed E-state index contributed by atoms with van der Waals surface area (Å²) in [4.78, 5) is 4.42. The lowest BCUT2D eigenvalue weighted by Crippen LogP contribution is -2.30. The molecule has 3 heteroatoms. The van der Waals surface area contributed by atoms with Gasteiger partial charge < -0.3 is 5.32 Å². The van der Waals surface area contributed by atoms with Gasteiger partial charge in [0, 0.05) is 22.4 Å². The van der Waals surface area contributed by atoms with Crippen LogP contribution in [0.2, 0.25) is 0 Å². The summed E-state index contributed by atoms with van der Waals surface area (Å²) in [5.74, 6) is 0. The zero-order valence-electron chi connectivity index (χ0n) is 10.9. The van der Waals surface area contributed by atoms with Gasteiger partial charge >= 0.3 is 0 Å². The standard InChI is InChI=1S/C14H23BrN2/c1-3-5-13(16-10-4-2)8-9-14-7-6-12(15)11-17-14/h6-7,11,13,16H,3-5,8-10H2,1-2H3. The highest BCUT2D eigenvalue weighted by Crippen LogP contribution is 2.11. The fourth-order valence-electron chi connectivity index (χ4n) is 1.92. The number of hydrogen-bond acceptors (Lipinski definition) is 2. The van der Waals surface area contributed by atoms with Gasteiger partial charge in [-0.1, -0.05) is 20.3 Å². The van der Waals surface area contributed by atoms with Gasteiger partial charge in [0.15, 0.2) is 0 Å². The number of nitrogens with zero attached hydrogens (tertiary/aromatic N) is 1. The maximum Gasteiger partial charge on any atom is 0.0413 e. The van der Waals surface area contributed by atoms with Gasteiger partial charge in [0.05, 0.1) is 0 Å². The minimum Gasteiger partial charge on any atom is -0.314 e. The lowest BCUT2D eigenvalue weighted by atomic mass is 10.0. The lowest BCUT2D eigenvalue weighted by molar-refractivity contribution is 0.447. The van der Waals surface area contributed by atoms with Crippen molar-refractivity contribution in [2.45, 2.75) is 52.0 Å². The number of pyridine rings is 1. The highest BCUT2D eigenvalue weighted by Gasteiger charge is 2.07. The van der Waals surface area contributed by atoms with E-state index in [1.165, 1.54) is 31.4 Å². The van der Waals surface area contributed by atoms with Crippen molar-refractivity contribution in [2.24, 2.45) is 0 Å². The van der Waals surface area contributed by atoms with Gasteiger partial charge in [-0.2, -0.15) is 0 Å². The molecule has 1 N–H and O–H groups in total. The van der Waals surface area contributed by atoms with Crippen molar-refractivity contribution in [1.29, 1.82) is 0 Å². The van der Waals surface area contributed by atoms with E-state index >= 15 is 0 Å². The van der Waals surface area contributed by atoms with E-state index in [0.717, 1.165) is 17.4 Å². The fraction of sp³-hybridized carbons (Fsp3) is 0.643. The molecule has 1 heterocycles. The summed E-state index contributed by atoms with van der Waals surface area (Å²) in [5.41, 5.74) is 1.19. The first-order chi connectivity index (χ1) is 8.26. The van der Waals surface area contributed by atoms with Crippen molar-refractivity contribution in [3.05, 3.63) is 28.5 Å². The normalized spacial score (nSPS) is 12.6. The SMILES string of the molecule is CCCNC(CCC)CCc1ccc(Br)cn1. The Morgan fingerprint density at radius 2 is 2.06 bits per heavy atom. The molecule has 0 amide bonds. The Kier molecular flexibility index (Phi) is 7.45. The second kappa shape index (κ2) is 8.65. The van der Waals surface area contributed by atoms with Crippen molar-refractivity contribution in [2.75, 3.05) is 6.54 Å². The molecule has 0 saturated carbocycles. The molecule has 0 fully saturated rings. The molecule has 2 nitrogen and oxygen atoms in total. The Hall–Kier alpha value is -0.410. The van der Waals surface area contributed by atoms with E-state index in [-0.39, 0.29) is 0 Å². The molecule has 0 bridgehead atoms. The number of aryl methyl sites for hydroxylation is 1. The van der Waals surface area contributed by atoms with E-state index in [0.29, 0.717) is 6.04 Å². The molecular formula is C14H23BrN2. The molecule has 17 heavy (non-hydrogen) atoms. The number of hydrogen-bond donors (Lipinski definition) is 1. The first kappa shape index (κ1) is 14.7. The predicted octanol–water partition coefficient (Wildman–Crippen LogP) is 3.95. The molecular weight excluding hydrogens is 276 g/mol. The van der Waals surface area contributed by atoms with E-state index in [1.54, 1.807) is 0 Å². The second-order valence-electron chi connectivity index (χ2n) is 4.45. The predicted molar refractivity (Wildman–Crippen MR) is 77.2 cm³/mol. The maximum atomic E-state index is 4.42. The van der Waals surface area contributed by atoms with Crippen LogP contribution >= 0.6 is 15.9 Å². The summed E-state index contributed by atoms with van der Waals surface area (Å²) in [5, 5.41) is 3.61. The van der Waals surface area contributed by atoms with Crippen LogP contribution in [0.15, 0.2) is 22.8 Å². The van der Waals surface area contributed by atoms with E-state index < -0.39 is 0 Å². The third kappa shape index (κ3) is 6.18. The molecule has 1 aromatic rings. The van der Waals surface area contributed by atoms with Gasteiger partial charge in [0.25, 0.3) is 0 Å². The molecule has 0 saturated heterocycles. The van der Waals surface area contributed by atoms with E-state index in [4.69, 9.17) is 0 Å². The molecule has 0 aliphatic rings. The Balaban J connectivity index is 2.37. The second-order valence-corrected chi connectivity index (χ2v) is 5.36. The van der Waals surface area contributed by atoms with Gasteiger partial charge in [-0.25, -0.2) is 0 Å². The van der Waals surface area contributed by atoms with Crippen LogP contribution in [0.5, 0.6) is 0 Å². The van der Waals surface area contributed by atoms with Crippen LogP contribution in [-0.2, 0) is 6.42 Å². The highest BCUT2D eigenvalue weighted by molar-refractivity contribution is 9.10. The van der Waals surface area contributed by atoms with Crippen LogP contribution < -0.4 is 5.32 Å². The van der Waals surface area contributed by atoms with Crippen molar-refractivity contribution in [3.8, 4) is 0 Å². The quantitative estimate of drug-likeness (QED) is 0.786. The zero-order chi connectivity index (χ0) is 12.5. The van der Waals surface area contributed by atoms with E-state index in [1.807, 2.05) is 6.20 Å². The van der Waals surface area contributed by atoms with Crippen LogP contribution in [0.4, 0.5) is 0 Å². The molecule has 0 radical (unpaired) electrons. The van der Waals surface area contributed by atoms with Gasteiger partial charge in [-0.15, -0.1) is 0 Å². The average Bonchev–Trinajstić information content (AvgIpc) is 2.35. The van der Waals surface area contributed by atoms with Crippen molar-refractivity contribution >= 4 is 15.9 Å². The average molecular weight is 299 g/mol. The molecule has 1 rings (SSSR count). The first-order valence-electron chi connectivity index (χ1n) is 6.60. The lowest BCUT2D eigenvalue weighted by Gasteiger charge is -2.17. The molecule has 1 aromatic heterocycles. The smallest absolute Gasteiger partial charge is 0.0413 e. The van der Waals surface area contributed by atoms with E-state index in [9.17, 15) is 0 Å². The van der Waals surface area contributed by atoms with Gasteiger partial charge in [0.2, 0.25) is 0 Å². The zero-order valence-corrected chi connectivity index (χ0v) is 12.5. The molecule has 1 atom stereocenters. The first-order valence-corrected chi connectivity index (χ1v) is 7.39. The van der Waals surface area contributed by atoms with Gasteiger partial charge in [-0.05, 0) is 60.3 Å². The summed E-state index contributed by atoms with van der Waals surface area (Å²) < 4.78 is 1.05. The topological polar surface area (TPSA) is 24.9 Å². The molecule has 1 unspecified atom stereocenters. The minimum absolute atomic E-state index is 0.644. The third-order valence-electron chi connectivity index (χ3n) is 2.86. The van der Waals surface area contributed by atoms with Gasteiger partial charge in [-0.3, -0.25) is 4.98 Å². The maximum absolute atomic E-state index is 4.42. The van der Waals surface area contributed by atoms with Crippen molar-refractivity contribution < 1.29 is 0 Å². The Labute approximate surface area is 113 Å². The van der Waals surface area contributed by atoms with E-state index in [2.05, 4.69) is 52.2 Å². The molecule has 96 valence electrons. The summed E-state index contributed by atoms with van der Waals surface area (Å²) >= 11 is 3.41. The largest absolute Gasteiger partial charge is 0.314 e. The van der Waals surface area contributed by atoms with Crippen molar-refractivity contribution in [3.63, 3.8) is 0 Å². The Bertz CT molecular complexity index is 298. The molecule has 0 aromatic carbocycles.